The quantitative estimate of drug-likeness (QED) is 0.897. The minimum Gasteiger partial charge on any atom is -0.497 e. The van der Waals surface area contributed by atoms with Gasteiger partial charge in [-0.25, -0.2) is 0 Å². The van der Waals surface area contributed by atoms with Crippen LogP contribution in [0.3, 0.4) is 0 Å². The zero-order chi connectivity index (χ0) is 15.4. The van der Waals surface area contributed by atoms with Gasteiger partial charge in [-0.05, 0) is 32.0 Å². The van der Waals surface area contributed by atoms with Gasteiger partial charge in [0.05, 0.1) is 32.5 Å². The van der Waals surface area contributed by atoms with Crippen LogP contribution in [0, 0.1) is 0 Å². The minimum atomic E-state index is 0.101. The molecule has 0 unspecified atom stereocenters. The van der Waals surface area contributed by atoms with E-state index in [1.165, 1.54) is 0 Å². The number of benzene rings is 1. The summed E-state index contributed by atoms with van der Waals surface area (Å²) in [6.07, 6.45) is 0.416. The lowest BCUT2D eigenvalue weighted by Crippen LogP contribution is -2.48. The molecule has 1 aromatic rings. The highest BCUT2D eigenvalue weighted by molar-refractivity contribution is 5.42. The van der Waals surface area contributed by atoms with E-state index in [0.717, 1.165) is 30.2 Å². The standard InChI is InChI=1S/C16H26N2O3/c1-11-9-18(10-12(2)21-11)15(8-17)14-7-13(19-3)5-6-16(14)20-4/h5-7,11-12,15H,8-10,17H2,1-4H3/t11-,12-,15+/m0/s1. The van der Waals surface area contributed by atoms with E-state index in [1.807, 2.05) is 18.2 Å². The van der Waals surface area contributed by atoms with Crippen LogP contribution in [0.25, 0.3) is 0 Å². The maximum atomic E-state index is 6.06. The second-order valence-corrected chi connectivity index (χ2v) is 5.57. The molecule has 0 amide bonds. The van der Waals surface area contributed by atoms with Crippen molar-refractivity contribution < 1.29 is 14.2 Å². The number of morpholine rings is 1. The third-order valence-corrected chi connectivity index (χ3v) is 3.91. The Balaban J connectivity index is 2.31. The molecule has 1 aliphatic rings. The molecule has 0 spiro atoms. The zero-order valence-corrected chi connectivity index (χ0v) is 13.3. The highest BCUT2D eigenvalue weighted by Crippen LogP contribution is 2.33. The number of methoxy groups -OCH3 is 2. The van der Waals surface area contributed by atoms with Crippen molar-refractivity contribution in [2.75, 3.05) is 33.9 Å². The van der Waals surface area contributed by atoms with Gasteiger partial charge in [0.15, 0.2) is 0 Å². The average molecular weight is 294 g/mol. The Bertz CT molecular complexity index is 457. The van der Waals surface area contributed by atoms with E-state index in [9.17, 15) is 0 Å². The molecule has 0 saturated carbocycles. The monoisotopic (exact) mass is 294 g/mol. The molecule has 1 aromatic carbocycles. The van der Waals surface area contributed by atoms with Crippen molar-refractivity contribution in [3.63, 3.8) is 0 Å². The molecule has 1 saturated heterocycles. The lowest BCUT2D eigenvalue weighted by molar-refractivity contribution is -0.0801. The fraction of sp³-hybridized carbons (Fsp3) is 0.625. The molecule has 0 aromatic heterocycles. The second kappa shape index (κ2) is 7.11. The Morgan fingerprint density at radius 2 is 1.90 bits per heavy atom. The van der Waals surface area contributed by atoms with Gasteiger partial charge in [-0.1, -0.05) is 0 Å². The Hall–Kier alpha value is -1.30. The van der Waals surface area contributed by atoms with Crippen molar-refractivity contribution in [1.29, 1.82) is 0 Å². The van der Waals surface area contributed by atoms with Crippen LogP contribution < -0.4 is 15.2 Å². The summed E-state index contributed by atoms with van der Waals surface area (Å²) in [5.74, 6) is 1.66. The molecule has 0 radical (unpaired) electrons. The van der Waals surface area contributed by atoms with Crippen molar-refractivity contribution in [3.05, 3.63) is 23.8 Å². The fourth-order valence-corrected chi connectivity index (χ4v) is 3.04. The number of hydrogen-bond donors (Lipinski definition) is 1. The summed E-state index contributed by atoms with van der Waals surface area (Å²) in [7, 11) is 3.35. The van der Waals surface area contributed by atoms with E-state index in [-0.39, 0.29) is 18.2 Å². The van der Waals surface area contributed by atoms with Gasteiger partial charge in [0.25, 0.3) is 0 Å². The molecule has 5 heteroatoms. The number of ether oxygens (including phenoxy) is 3. The summed E-state index contributed by atoms with van der Waals surface area (Å²) >= 11 is 0. The molecule has 1 heterocycles. The van der Waals surface area contributed by atoms with E-state index >= 15 is 0 Å². The lowest BCUT2D eigenvalue weighted by atomic mass is 10.0. The Kier molecular flexibility index (Phi) is 5.45. The second-order valence-electron chi connectivity index (χ2n) is 5.57. The fourth-order valence-electron chi connectivity index (χ4n) is 3.04. The molecule has 5 nitrogen and oxygen atoms in total. The maximum absolute atomic E-state index is 6.06. The predicted molar refractivity (Wildman–Crippen MR) is 82.9 cm³/mol. The molecule has 2 rings (SSSR count). The van der Waals surface area contributed by atoms with E-state index in [0.29, 0.717) is 6.54 Å². The van der Waals surface area contributed by atoms with Crippen molar-refractivity contribution in [2.24, 2.45) is 5.73 Å². The van der Waals surface area contributed by atoms with Crippen molar-refractivity contribution >= 4 is 0 Å². The summed E-state index contributed by atoms with van der Waals surface area (Å²) in [5, 5.41) is 0. The van der Waals surface area contributed by atoms with Crippen LogP contribution in [-0.4, -0.2) is 51.0 Å². The van der Waals surface area contributed by atoms with Crippen LogP contribution in [0.1, 0.15) is 25.5 Å². The molecule has 21 heavy (non-hydrogen) atoms. The Labute approximate surface area is 127 Å². The molecule has 0 bridgehead atoms. The van der Waals surface area contributed by atoms with Gasteiger partial charge in [0.1, 0.15) is 11.5 Å². The van der Waals surface area contributed by atoms with E-state index in [2.05, 4.69) is 18.7 Å². The maximum Gasteiger partial charge on any atom is 0.123 e. The van der Waals surface area contributed by atoms with Crippen LogP contribution in [-0.2, 0) is 4.74 Å². The summed E-state index contributed by atoms with van der Waals surface area (Å²) in [6.45, 7) is 6.46. The molecular weight excluding hydrogens is 268 g/mol. The highest BCUT2D eigenvalue weighted by atomic mass is 16.5. The lowest BCUT2D eigenvalue weighted by Gasteiger charge is -2.40. The Morgan fingerprint density at radius 1 is 1.24 bits per heavy atom. The third-order valence-electron chi connectivity index (χ3n) is 3.91. The number of hydrogen-bond acceptors (Lipinski definition) is 5. The topological polar surface area (TPSA) is 57.0 Å². The van der Waals surface area contributed by atoms with Gasteiger partial charge in [-0.15, -0.1) is 0 Å². The summed E-state index contributed by atoms with van der Waals surface area (Å²) < 4.78 is 16.7. The van der Waals surface area contributed by atoms with Crippen LogP contribution in [0.2, 0.25) is 0 Å². The largest absolute Gasteiger partial charge is 0.497 e. The number of nitrogens with two attached hydrogens (primary N) is 1. The summed E-state index contributed by atoms with van der Waals surface area (Å²) in [4.78, 5) is 2.37. The zero-order valence-electron chi connectivity index (χ0n) is 13.3. The van der Waals surface area contributed by atoms with Crippen LogP contribution in [0.4, 0.5) is 0 Å². The number of nitrogens with zero attached hydrogens (tertiary/aromatic N) is 1. The molecule has 118 valence electrons. The first-order valence-corrected chi connectivity index (χ1v) is 7.40. The average Bonchev–Trinajstić information content (AvgIpc) is 2.47. The highest BCUT2D eigenvalue weighted by Gasteiger charge is 2.29. The van der Waals surface area contributed by atoms with Gasteiger partial charge in [0.2, 0.25) is 0 Å². The summed E-state index contributed by atoms with van der Waals surface area (Å²) in [5.41, 5.74) is 7.13. The van der Waals surface area contributed by atoms with Gasteiger partial charge in [-0.3, -0.25) is 4.90 Å². The van der Waals surface area contributed by atoms with Crippen molar-refractivity contribution in [3.8, 4) is 11.5 Å². The van der Waals surface area contributed by atoms with Crippen molar-refractivity contribution in [2.45, 2.75) is 32.1 Å². The first-order chi connectivity index (χ1) is 10.1. The van der Waals surface area contributed by atoms with E-state index in [1.54, 1.807) is 14.2 Å². The molecule has 2 N–H and O–H groups in total. The van der Waals surface area contributed by atoms with Crippen molar-refractivity contribution in [1.82, 2.24) is 4.90 Å². The van der Waals surface area contributed by atoms with Gasteiger partial charge < -0.3 is 19.9 Å². The van der Waals surface area contributed by atoms with Crippen LogP contribution in [0.5, 0.6) is 11.5 Å². The van der Waals surface area contributed by atoms with Crippen LogP contribution >= 0.6 is 0 Å². The first kappa shape index (κ1) is 16.1. The summed E-state index contributed by atoms with van der Waals surface area (Å²) in [6, 6.07) is 5.95. The van der Waals surface area contributed by atoms with Crippen LogP contribution in [0.15, 0.2) is 18.2 Å². The minimum absolute atomic E-state index is 0.101. The van der Waals surface area contributed by atoms with E-state index in [4.69, 9.17) is 19.9 Å². The first-order valence-electron chi connectivity index (χ1n) is 7.40. The molecule has 3 atom stereocenters. The molecule has 1 fully saturated rings. The molecular formula is C16H26N2O3. The van der Waals surface area contributed by atoms with Gasteiger partial charge >= 0.3 is 0 Å². The third kappa shape index (κ3) is 3.67. The molecule has 0 aliphatic carbocycles. The van der Waals surface area contributed by atoms with Gasteiger partial charge in [-0.2, -0.15) is 0 Å². The molecule has 1 aliphatic heterocycles. The smallest absolute Gasteiger partial charge is 0.123 e. The normalized spacial score (nSPS) is 24.6. The van der Waals surface area contributed by atoms with Gasteiger partial charge in [0, 0.05) is 25.2 Å². The predicted octanol–water partition coefficient (Wildman–Crippen LogP) is 1.81. The SMILES string of the molecule is COc1ccc(OC)c([C@@H](CN)N2C[C@H](C)O[C@@H](C)C2)c1. The van der Waals surface area contributed by atoms with E-state index < -0.39 is 0 Å². The number of rotatable bonds is 5. The Morgan fingerprint density at radius 3 is 2.43 bits per heavy atom.